The summed E-state index contributed by atoms with van der Waals surface area (Å²) in [6.45, 7) is 8.76. The maximum absolute atomic E-state index is 12.9. The van der Waals surface area contributed by atoms with Crippen LogP contribution in [0.4, 0.5) is 4.39 Å². The molecule has 2 aliphatic rings. The number of aliphatic imine (C=N–C) groups is 1. The first-order valence-electron chi connectivity index (χ1n) is 11.5. The first kappa shape index (κ1) is 26.6. The van der Waals surface area contributed by atoms with Gasteiger partial charge in [-0.15, -0.1) is 24.0 Å². The van der Waals surface area contributed by atoms with Gasteiger partial charge in [0.15, 0.2) is 5.96 Å². The van der Waals surface area contributed by atoms with Crippen LogP contribution >= 0.6 is 24.0 Å². The van der Waals surface area contributed by atoms with Gasteiger partial charge in [-0.05, 0) is 56.9 Å². The minimum absolute atomic E-state index is 0. The van der Waals surface area contributed by atoms with Gasteiger partial charge in [-0.1, -0.05) is 0 Å². The van der Waals surface area contributed by atoms with Crippen LogP contribution in [0.15, 0.2) is 29.3 Å². The van der Waals surface area contributed by atoms with Gasteiger partial charge in [-0.2, -0.15) is 0 Å². The normalized spacial score (nSPS) is 18.3. The molecule has 1 unspecified atom stereocenters. The van der Waals surface area contributed by atoms with Gasteiger partial charge in [0.2, 0.25) is 5.91 Å². The van der Waals surface area contributed by atoms with E-state index in [9.17, 15) is 9.18 Å². The summed E-state index contributed by atoms with van der Waals surface area (Å²) in [6.07, 6.45) is 4.13. The Labute approximate surface area is 208 Å². The van der Waals surface area contributed by atoms with Crippen LogP contribution in [0.3, 0.4) is 0 Å². The van der Waals surface area contributed by atoms with Gasteiger partial charge in [-0.25, -0.2) is 4.39 Å². The number of benzene rings is 1. The van der Waals surface area contributed by atoms with E-state index in [0.717, 1.165) is 77.5 Å². The second kappa shape index (κ2) is 13.8. The fraction of sp³-hybridized carbons (Fsp3) is 0.652. The molecular weight excluding hydrogens is 524 g/mol. The Bertz CT molecular complexity index is 720. The van der Waals surface area contributed by atoms with Crippen molar-refractivity contribution in [3.05, 3.63) is 30.1 Å². The van der Waals surface area contributed by atoms with Crippen molar-refractivity contribution in [2.75, 3.05) is 59.5 Å². The van der Waals surface area contributed by atoms with Crippen molar-refractivity contribution < 1.29 is 13.9 Å². The lowest BCUT2D eigenvalue weighted by Gasteiger charge is -2.39. The number of unbranched alkanes of at least 4 members (excludes halogenated alkanes) is 1. The van der Waals surface area contributed by atoms with Gasteiger partial charge < -0.3 is 19.9 Å². The maximum atomic E-state index is 12.9. The number of carbonyl (C=O) groups excluding carboxylic acids is 1. The van der Waals surface area contributed by atoms with Crippen LogP contribution < -0.4 is 10.1 Å². The zero-order valence-electron chi connectivity index (χ0n) is 19.3. The highest BCUT2D eigenvalue weighted by molar-refractivity contribution is 14.0. The molecule has 0 aliphatic carbocycles. The second-order valence-corrected chi connectivity index (χ2v) is 8.21. The fourth-order valence-electron chi connectivity index (χ4n) is 4.16. The molecule has 1 amide bonds. The molecular formula is C23H37FIN5O2. The topological polar surface area (TPSA) is 60.4 Å². The van der Waals surface area contributed by atoms with Crippen molar-refractivity contribution in [2.24, 2.45) is 4.99 Å². The number of rotatable bonds is 8. The molecule has 2 fully saturated rings. The molecule has 0 aromatic heterocycles. The minimum Gasteiger partial charge on any atom is -0.494 e. The lowest BCUT2D eigenvalue weighted by Crippen LogP contribution is -2.57. The number of nitrogens with zero attached hydrogens (tertiary/aromatic N) is 4. The van der Waals surface area contributed by atoms with E-state index in [1.54, 1.807) is 12.1 Å². The molecule has 1 atom stereocenters. The van der Waals surface area contributed by atoms with E-state index in [4.69, 9.17) is 4.74 Å². The lowest BCUT2D eigenvalue weighted by atomic mass is 10.2. The summed E-state index contributed by atoms with van der Waals surface area (Å²) in [4.78, 5) is 23.6. The zero-order chi connectivity index (χ0) is 22.1. The Balaban J connectivity index is 0.00000363. The van der Waals surface area contributed by atoms with E-state index in [2.05, 4.69) is 20.1 Å². The van der Waals surface area contributed by atoms with E-state index >= 15 is 0 Å². The first-order valence-corrected chi connectivity index (χ1v) is 11.5. The van der Waals surface area contributed by atoms with Gasteiger partial charge in [0.25, 0.3) is 0 Å². The number of guanidine groups is 1. The SMILES string of the molecule is CN=C(NCCCCOc1ccc(F)cc1)N1CCN(C(C)C(=O)N2CCCC2)CC1.I. The van der Waals surface area contributed by atoms with E-state index in [1.165, 1.54) is 12.1 Å². The van der Waals surface area contributed by atoms with Gasteiger partial charge in [0, 0.05) is 52.9 Å². The van der Waals surface area contributed by atoms with E-state index < -0.39 is 0 Å². The lowest BCUT2D eigenvalue weighted by molar-refractivity contribution is -0.135. The van der Waals surface area contributed by atoms with Crippen LogP contribution in [-0.4, -0.2) is 92.1 Å². The number of ether oxygens (including phenoxy) is 1. The summed E-state index contributed by atoms with van der Waals surface area (Å²) in [5.41, 5.74) is 0. The Kier molecular flexibility index (Phi) is 11.5. The number of amides is 1. The monoisotopic (exact) mass is 561 g/mol. The van der Waals surface area contributed by atoms with Gasteiger partial charge >= 0.3 is 0 Å². The molecule has 1 aromatic rings. The van der Waals surface area contributed by atoms with Crippen molar-refractivity contribution in [2.45, 2.75) is 38.6 Å². The molecule has 9 heteroatoms. The van der Waals surface area contributed by atoms with Crippen molar-refractivity contribution in [3.8, 4) is 5.75 Å². The Hall–Kier alpha value is -1.62. The van der Waals surface area contributed by atoms with Crippen molar-refractivity contribution in [3.63, 3.8) is 0 Å². The average Bonchev–Trinajstić information content (AvgIpc) is 3.34. The molecule has 1 N–H and O–H groups in total. The third-order valence-electron chi connectivity index (χ3n) is 6.09. The average molecular weight is 561 g/mol. The fourth-order valence-corrected chi connectivity index (χ4v) is 4.16. The molecule has 0 saturated carbocycles. The standard InChI is InChI=1S/C23H36FN5O2.HI/c1-19(22(30)28-12-4-5-13-28)27-14-16-29(17-15-27)23(25-2)26-11-3-6-18-31-21-9-7-20(24)8-10-21;/h7-10,19H,3-6,11-18H2,1-2H3,(H,25,26);1H. The largest absolute Gasteiger partial charge is 0.494 e. The predicted octanol–water partition coefficient (Wildman–Crippen LogP) is 2.81. The van der Waals surface area contributed by atoms with Crippen molar-refractivity contribution in [1.82, 2.24) is 20.0 Å². The van der Waals surface area contributed by atoms with E-state index in [-0.39, 0.29) is 41.7 Å². The maximum Gasteiger partial charge on any atom is 0.239 e. The smallest absolute Gasteiger partial charge is 0.239 e. The van der Waals surface area contributed by atoms with Gasteiger partial charge in [0.05, 0.1) is 12.6 Å². The molecule has 180 valence electrons. The summed E-state index contributed by atoms with van der Waals surface area (Å²) < 4.78 is 18.5. The molecule has 2 heterocycles. The summed E-state index contributed by atoms with van der Waals surface area (Å²) in [6, 6.07) is 6.06. The van der Waals surface area contributed by atoms with Crippen LogP contribution in [0.2, 0.25) is 0 Å². The summed E-state index contributed by atoms with van der Waals surface area (Å²) >= 11 is 0. The van der Waals surface area contributed by atoms with Crippen LogP contribution in [0.1, 0.15) is 32.6 Å². The van der Waals surface area contributed by atoms with Crippen LogP contribution in [0.5, 0.6) is 5.75 Å². The summed E-state index contributed by atoms with van der Waals surface area (Å²) in [5, 5.41) is 3.43. The second-order valence-electron chi connectivity index (χ2n) is 8.21. The quantitative estimate of drug-likeness (QED) is 0.229. The third-order valence-corrected chi connectivity index (χ3v) is 6.09. The third kappa shape index (κ3) is 7.75. The number of hydrogen-bond acceptors (Lipinski definition) is 4. The van der Waals surface area contributed by atoms with Crippen molar-refractivity contribution in [1.29, 1.82) is 0 Å². The molecule has 2 saturated heterocycles. The van der Waals surface area contributed by atoms with Crippen LogP contribution in [-0.2, 0) is 4.79 Å². The molecule has 3 rings (SSSR count). The molecule has 0 radical (unpaired) electrons. The Morgan fingerprint density at radius 1 is 1.06 bits per heavy atom. The van der Waals surface area contributed by atoms with Gasteiger partial charge in [0.1, 0.15) is 11.6 Å². The van der Waals surface area contributed by atoms with Crippen LogP contribution in [0, 0.1) is 5.82 Å². The Morgan fingerprint density at radius 2 is 1.72 bits per heavy atom. The molecule has 0 bridgehead atoms. The molecule has 1 aromatic carbocycles. The number of hydrogen-bond donors (Lipinski definition) is 1. The number of nitrogens with one attached hydrogen (secondary N) is 1. The van der Waals surface area contributed by atoms with E-state index in [1.807, 2.05) is 18.9 Å². The summed E-state index contributed by atoms with van der Waals surface area (Å²) in [5.74, 6) is 1.63. The molecule has 32 heavy (non-hydrogen) atoms. The highest BCUT2D eigenvalue weighted by Crippen LogP contribution is 2.14. The minimum atomic E-state index is -0.253. The highest BCUT2D eigenvalue weighted by Gasteiger charge is 2.30. The first-order chi connectivity index (χ1) is 15.1. The highest BCUT2D eigenvalue weighted by atomic mass is 127. The van der Waals surface area contributed by atoms with Crippen LogP contribution in [0.25, 0.3) is 0 Å². The molecule has 0 spiro atoms. The van der Waals surface area contributed by atoms with E-state index in [0.29, 0.717) is 12.4 Å². The summed E-state index contributed by atoms with van der Waals surface area (Å²) in [7, 11) is 1.81. The van der Waals surface area contributed by atoms with Crippen molar-refractivity contribution >= 4 is 35.8 Å². The number of piperazine rings is 1. The number of carbonyl (C=O) groups is 1. The Morgan fingerprint density at radius 3 is 2.34 bits per heavy atom. The van der Waals surface area contributed by atoms with Gasteiger partial charge in [-0.3, -0.25) is 14.7 Å². The molecule has 7 nitrogen and oxygen atoms in total. The molecule has 2 aliphatic heterocycles. The predicted molar refractivity (Wildman–Crippen MR) is 136 cm³/mol. The number of likely N-dealkylation sites (tertiary alicyclic amines) is 1. The number of halogens is 2. The zero-order valence-corrected chi connectivity index (χ0v) is 21.6.